The monoisotopic (exact) mass is 747 g/mol. The van der Waals surface area contributed by atoms with Crippen molar-refractivity contribution < 1.29 is 23.7 Å². The number of aryl methyl sites for hydroxylation is 4. The maximum Gasteiger partial charge on any atom is 0.246 e. The molecule has 6 rings (SSSR count). The molecule has 0 saturated carbocycles. The summed E-state index contributed by atoms with van der Waals surface area (Å²) in [5.41, 5.74) is 9.05. The number of hydrogen-bond acceptors (Lipinski definition) is 7. The van der Waals surface area contributed by atoms with Crippen molar-refractivity contribution in [3.05, 3.63) is 148 Å². The highest BCUT2D eigenvalue weighted by Gasteiger charge is 2.20. The molecule has 8 nitrogen and oxygen atoms in total. The summed E-state index contributed by atoms with van der Waals surface area (Å²) in [6.45, 7) is 13.3. The molecule has 54 heavy (non-hydrogen) atoms. The highest BCUT2D eigenvalue weighted by Crippen LogP contribution is 2.30. The zero-order valence-corrected chi connectivity index (χ0v) is 32.7. The van der Waals surface area contributed by atoms with Crippen LogP contribution in [-0.2, 0) is 24.4 Å². The molecule has 0 N–H and O–H groups in total. The van der Waals surface area contributed by atoms with Gasteiger partial charge in [0.15, 0.2) is 0 Å². The standard InChI is InChI=1S/C45H49N3O5.ClH/c1-32-6-13-41(14-7-32)51-25-20-36-8-12-39(33(2)26-36)30-47-21-23-48(24-22-47)44(49)19-11-38-27-34(3)45(35(4)28-38)53-43-18-17-42(29-46-43)52-31-37-9-15-40(50-5)16-10-37;/h6-19,26-29H,20-25,30-31H2,1-5H3;1H/b19-11+;. The molecule has 0 spiro atoms. The van der Waals surface area contributed by atoms with Gasteiger partial charge in [-0.25, -0.2) is 4.98 Å². The van der Waals surface area contributed by atoms with Crippen LogP contribution < -0.4 is 18.9 Å². The predicted octanol–water partition coefficient (Wildman–Crippen LogP) is 9.10. The number of methoxy groups -OCH3 is 1. The normalized spacial score (nSPS) is 13.0. The van der Waals surface area contributed by atoms with Gasteiger partial charge >= 0.3 is 0 Å². The quantitative estimate of drug-likeness (QED) is 0.105. The number of carbonyl (C=O) groups excluding carboxylic acids is 1. The fourth-order valence-corrected chi connectivity index (χ4v) is 6.40. The van der Waals surface area contributed by atoms with Crippen LogP contribution in [0.25, 0.3) is 6.08 Å². The minimum atomic E-state index is 0. The van der Waals surface area contributed by atoms with E-state index in [1.165, 1.54) is 22.3 Å². The molecular weight excluding hydrogens is 698 g/mol. The van der Waals surface area contributed by atoms with E-state index in [-0.39, 0.29) is 18.3 Å². The van der Waals surface area contributed by atoms with Crippen molar-refractivity contribution in [1.29, 1.82) is 0 Å². The molecule has 0 aliphatic carbocycles. The average molecular weight is 748 g/mol. The maximum atomic E-state index is 13.1. The molecular formula is C45H50ClN3O5. The third-order valence-corrected chi connectivity index (χ3v) is 9.55. The Morgan fingerprint density at radius 1 is 0.741 bits per heavy atom. The van der Waals surface area contributed by atoms with E-state index in [1.807, 2.05) is 79.4 Å². The summed E-state index contributed by atoms with van der Waals surface area (Å²) in [4.78, 5) is 22.0. The Morgan fingerprint density at radius 2 is 1.41 bits per heavy atom. The molecule has 1 fully saturated rings. The maximum absolute atomic E-state index is 13.1. The van der Waals surface area contributed by atoms with Crippen LogP contribution in [0.4, 0.5) is 0 Å². The summed E-state index contributed by atoms with van der Waals surface area (Å²) in [5.74, 6) is 3.65. The van der Waals surface area contributed by atoms with Gasteiger partial charge < -0.3 is 23.8 Å². The molecule has 1 saturated heterocycles. The minimum absolute atomic E-state index is 0. The van der Waals surface area contributed by atoms with Crippen LogP contribution in [0.1, 0.15) is 44.5 Å². The van der Waals surface area contributed by atoms with Gasteiger partial charge in [-0.05, 0) is 115 Å². The van der Waals surface area contributed by atoms with Gasteiger partial charge in [-0.3, -0.25) is 9.69 Å². The lowest BCUT2D eigenvalue weighted by atomic mass is 10.0. The van der Waals surface area contributed by atoms with Crippen molar-refractivity contribution >= 4 is 24.4 Å². The third-order valence-electron chi connectivity index (χ3n) is 9.55. The Labute approximate surface area is 325 Å². The number of amides is 1. The van der Waals surface area contributed by atoms with E-state index in [0.717, 1.165) is 65.6 Å². The zero-order valence-electron chi connectivity index (χ0n) is 31.8. The summed E-state index contributed by atoms with van der Waals surface area (Å²) in [5, 5.41) is 0. The molecule has 0 bridgehead atoms. The van der Waals surface area contributed by atoms with E-state index in [1.54, 1.807) is 25.4 Å². The topological polar surface area (TPSA) is 73.4 Å². The number of halogens is 1. The summed E-state index contributed by atoms with van der Waals surface area (Å²) in [6.07, 6.45) is 6.11. The lowest BCUT2D eigenvalue weighted by molar-refractivity contribution is -0.127. The van der Waals surface area contributed by atoms with E-state index in [2.05, 4.69) is 54.1 Å². The summed E-state index contributed by atoms with van der Waals surface area (Å²) in [6, 6.07) is 30.4. The lowest BCUT2D eigenvalue weighted by Gasteiger charge is -2.34. The minimum Gasteiger partial charge on any atom is -0.497 e. The van der Waals surface area contributed by atoms with Gasteiger partial charge in [0.2, 0.25) is 11.8 Å². The highest BCUT2D eigenvalue weighted by atomic mass is 35.5. The number of hydrogen-bond donors (Lipinski definition) is 0. The SMILES string of the molecule is COc1ccc(COc2ccc(Oc3c(C)cc(/C=C/C(=O)N4CCN(Cc5ccc(CCOc6ccc(C)cc6)cc5C)CC4)cc3C)nc2)cc1.Cl. The van der Waals surface area contributed by atoms with Crippen LogP contribution >= 0.6 is 12.4 Å². The Balaban J connectivity index is 0.00000561. The van der Waals surface area contributed by atoms with E-state index >= 15 is 0 Å². The molecule has 1 aliphatic heterocycles. The predicted molar refractivity (Wildman–Crippen MR) is 217 cm³/mol. The second kappa shape index (κ2) is 19.1. The molecule has 0 atom stereocenters. The van der Waals surface area contributed by atoms with Gasteiger partial charge in [0.25, 0.3) is 0 Å². The second-order valence-electron chi connectivity index (χ2n) is 13.7. The van der Waals surface area contributed by atoms with Gasteiger partial charge in [-0.1, -0.05) is 48.0 Å². The molecule has 1 aromatic heterocycles. The van der Waals surface area contributed by atoms with Crippen molar-refractivity contribution in [1.82, 2.24) is 14.8 Å². The van der Waals surface area contributed by atoms with Crippen LogP contribution in [0.5, 0.6) is 28.9 Å². The molecule has 4 aromatic carbocycles. The third kappa shape index (κ3) is 11.1. The van der Waals surface area contributed by atoms with Gasteiger partial charge in [-0.15, -0.1) is 12.4 Å². The van der Waals surface area contributed by atoms with E-state index in [0.29, 0.717) is 37.9 Å². The van der Waals surface area contributed by atoms with Crippen molar-refractivity contribution in [3.63, 3.8) is 0 Å². The number of benzene rings is 4. The lowest BCUT2D eigenvalue weighted by Crippen LogP contribution is -2.47. The van der Waals surface area contributed by atoms with Crippen molar-refractivity contribution in [3.8, 4) is 28.9 Å². The summed E-state index contributed by atoms with van der Waals surface area (Å²) < 4.78 is 23.2. The van der Waals surface area contributed by atoms with Gasteiger partial charge in [0.1, 0.15) is 29.6 Å². The summed E-state index contributed by atoms with van der Waals surface area (Å²) in [7, 11) is 1.65. The fourth-order valence-electron chi connectivity index (χ4n) is 6.40. The molecule has 1 amide bonds. The molecule has 1 aliphatic rings. The molecule has 0 radical (unpaired) electrons. The Morgan fingerprint density at radius 3 is 2.06 bits per heavy atom. The van der Waals surface area contributed by atoms with Crippen LogP contribution in [0.3, 0.4) is 0 Å². The Kier molecular flexibility index (Phi) is 14.1. The van der Waals surface area contributed by atoms with Crippen LogP contribution in [0.2, 0.25) is 0 Å². The van der Waals surface area contributed by atoms with Crippen molar-refractivity contribution in [2.45, 2.75) is 47.3 Å². The first-order chi connectivity index (χ1) is 25.7. The highest BCUT2D eigenvalue weighted by molar-refractivity contribution is 5.92. The first kappa shape index (κ1) is 39.9. The largest absolute Gasteiger partial charge is 0.497 e. The van der Waals surface area contributed by atoms with Crippen molar-refractivity contribution in [2.75, 3.05) is 39.9 Å². The van der Waals surface area contributed by atoms with Crippen LogP contribution in [-0.4, -0.2) is 60.6 Å². The summed E-state index contributed by atoms with van der Waals surface area (Å²) >= 11 is 0. The number of carbonyl (C=O) groups is 1. The molecule has 5 aromatic rings. The molecule has 282 valence electrons. The Hall–Kier alpha value is -5.31. The number of nitrogens with zero attached hydrogens (tertiary/aromatic N) is 3. The first-order valence-corrected chi connectivity index (χ1v) is 18.2. The molecule has 0 unspecified atom stereocenters. The van der Waals surface area contributed by atoms with Crippen LogP contribution in [0.15, 0.2) is 103 Å². The van der Waals surface area contributed by atoms with E-state index in [4.69, 9.17) is 18.9 Å². The number of pyridine rings is 1. The zero-order chi connectivity index (χ0) is 37.2. The van der Waals surface area contributed by atoms with E-state index < -0.39 is 0 Å². The number of rotatable bonds is 14. The first-order valence-electron chi connectivity index (χ1n) is 18.2. The van der Waals surface area contributed by atoms with Gasteiger partial charge in [-0.2, -0.15) is 0 Å². The van der Waals surface area contributed by atoms with Gasteiger partial charge in [0, 0.05) is 51.3 Å². The number of aromatic nitrogens is 1. The molecule has 9 heteroatoms. The smallest absolute Gasteiger partial charge is 0.246 e. The molecule has 2 heterocycles. The number of piperazine rings is 1. The average Bonchev–Trinajstić information content (AvgIpc) is 3.17. The Bertz CT molecular complexity index is 1980. The number of ether oxygens (including phenoxy) is 4. The van der Waals surface area contributed by atoms with E-state index in [9.17, 15) is 4.79 Å². The van der Waals surface area contributed by atoms with Crippen molar-refractivity contribution in [2.24, 2.45) is 0 Å². The second-order valence-corrected chi connectivity index (χ2v) is 13.7. The van der Waals surface area contributed by atoms with Crippen LogP contribution in [0, 0.1) is 27.7 Å². The fraction of sp³-hybridized carbons (Fsp3) is 0.289. The van der Waals surface area contributed by atoms with Gasteiger partial charge in [0.05, 0.1) is 19.9 Å².